The first-order chi connectivity index (χ1) is 21.7. The van der Waals surface area contributed by atoms with E-state index in [0.717, 1.165) is 78.4 Å². The zero-order valence-corrected chi connectivity index (χ0v) is 26.3. The number of aromatic nitrogens is 3. The maximum atomic E-state index is 13.7. The van der Waals surface area contributed by atoms with Crippen molar-refractivity contribution < 1.29 is 14.3 Å². The fraction of sp³-hybridized carbons (Fsp3) is 0.297. The van der Waals surface area contributed by atoms with Crippen LogP contribution in [0.3, 0.4) is 0 Å². The number of Topliss-reactive ketones (excluding diaryl/α,β-unsaturated/α-hetero) is 1. The number of anilines is 1. The van der Waals surface area contributed by atoms with Gasteiger partial charge in [0.15, 0.2) is 0 Å². The summed E-state index contributed by atoms with van der Waals surface area (Å²) in [7, 11) is 0. The molecule has 1 N–H and O–H groups in total. The van der Waals surface area contributed by atoms with Crippen LogP contribution in [0.1, 0.15) is 48.1 Å². The molecule has 0 bridgehead atoms. The predicted octanol–water partition coefficient (Wildman–Crippen LogP) is 6.39. The molecular formula is C37H39N5O3. The number of amides is 1. The number of nitrogens with one attached hydrogen (secondary N) is 1. The maximum absolute atomic E-state index is 13.7. The summed E-state index contributed by atoms with van der Waals surface area (Å²) in [5.41, 5.74) is 5.78. The van der Waals surface area contributed by atoms with Gasteiger partial charge in [-0.05, 0) is 47.5 Å². The number of benzene rings is 3. The number of morpholine rings is 1. The molecule has 3 heterocycles. The van der Waals surface area contributed by atoms with Crippen LogP contribution in [-0.2, 0) is 21.4 Å². The average molecular weight is 602 g/mol. The largest absolute Gasteiger partial charge is 0.379 e. The van der Waals surface area contributed by atoms with E-state index in [1.165, 1.54) is 0 Å². The number of fused-ring (bicyclic) bond motifs is 1. The van der Waals surface area contributed by atoms with Crippen molar-refractivity contribution in [3.8, 4) is 16.8 Å². The Balaban J connectivity index is 1.25. The third-order valence-electron chi connectivity index (χ3n) is 8.30. The molecule has 8 heteroatoms. The molecule has 6 rings (SSSR count). The highest BCUT2D eigenvalue weighted by molar-refractivity contribution is 6.48. The lowest BCUT2D eigenvalue weighted by Gasteiger charge is -2.26. The third-order valence-corrected chi connectivity index (χ3v) is 8.30. The van der Waals surface area contributed by atoms with Crippen molar-refractivity contribution >= 4 is 28.3 Å². The molecule has 0 radical (unpaired) electrons. The number of rotatable bonds is 8. The van der Waals surface area contributed by atoms with E-state index in [4.69, 9.17) is 14.8 Å². The lowest BCUT2D eigenvalue weighted by atomic mass is 9.92. The summed E-state index contributed by atoms with van der Waals surface area (Å²) < 4.78 is 7.13. The Labute approximate surface area is 264 Å². The number of carbonyl (C=O) groups is 2. The summed E-state index contributed by atoms with van der Waals surface area (Å²) in [6.07, 6.45) is 2.77. The summed E-state index contributed by atoms with van der Waals surface area (Å²) >= 11 is 0. The van der Waals surface area contributed by atoms with Crippen molar-refractivity contribution in [1.29, 1.82) is 0 Å². The Morgan fingerprint density at radius 2 is 1.64 bits per heavy atom. The Kier molecular flexibility index (Phi) is 8.61. The highest BCUT2D eigenvalue weighted by Gasteiger charge is 2.25. The van der Waals surface area contributed by atoms with Crippen LogP contribution in [0.15, 0.2) is 85.1 Å². The number of hydrogen-bond donors (Lipinski definition) is 1. The van der Waals surface area contributed by atoms with Crippen LogP contribution in [0.5, 0.6) is 0 Å². The van der Waals surface area contributed by atoms with Crippen LogP contribution in [0, 0.1) is 6.92 Å². The van der Waals surface area contributed by atoms with E-state index in [1.807, 2.05) is 73.8 Å². The van der Waals surface area contributed by atoms with Gasteiger partial charge in [-0.1, -0.05) is 74.9 Å². The second kappa shape index (κ2) is 12.8. The van der Waals surface area contributed by atoms with Gasteiger partial charge in [-0.15, -0.1) is 0 Å². The van der Waals surface area contributed by atoms with Crippen molar-refractivity contribution in [3.05, 3.63) is 108 Å². The molecule has 1 fully saturated rings. The Morgan fingerprint density at radius 1 is 0.911 bits per heavy atom. The number of hydrogen-bond acceptors (Lipinski definition) is 6. The standard InChI is InChI=1S/C37H39N5O3/c1-25-9-13-28(14-10-25)42-34(23-33(40-42)37(2,3)4)39-36(44)35(43)32-16-15-29(30-7-5-6-8-31(30)32)26-11-12-27(38-24-26)17-18-41-19-21-45-22-20-41/h5-16,23-24H,17-22H2,1-4H3,(H,39,44). The van der Waals surface area contributed by atoms with E-state index in [0.29, 0.717) is 16.8 Å². The average Bonchev–Trinajstić information content (AvgIpc) is 3.48. The lowest BCUT2D eigenvalue weighted by molar-refractivity contribution is -0.112. The first kappa shape index (κ1) is 30.4. The number of carbonyl (C=O) groups excluding carboxylic acids is 2. The van der Waals surface area contributed by atoms with E-state index in [-0.39, 0.29) is 5.41 Å². The van der Waals surface area contributed by atoms with E-state index < -0.39 is 11.7 Å². The van der Waals surface area contributed by atoms with Gasteiger partial charge in [-0.2, -0.15) is 5.10 Å². The first-order valence-corrected chi connectivity index (χ1v) is 15.5. The van der Waals surface area contributed by atoms with Crippen LogP contribution >= 0.6 is 0 Å². The molecule has 1 aliphatic heterocycles. The minimum atomic E-state index is -0.715. The quantitative estimate of drug-likeness (QED) is 0.164. The summed E-state index contributed by atoms with van der Waals surface area (Å²) in [5.74, 6) is -0.876. The Morgan fingerprint density at radius 3 is 2.33 bits per heavy atom. The van der Waals surface area contributed by atoms with Crippen molar-refractivity contribution in [3.63, 3.8) is 0 Å². The predicted molar refractivity (Wildman–Crippen MR) is 178 cm³/mol. The second-order valence-corrected chi connectivity index (χ2v) is 12.6. The molecule has 230 valence electrons. The molecule has 5 aromatic rings. The highest BCUT2D eigenvalue weighted by Crippen LogP contribution is 2.32. The molecule has 3 aromatic carbocycles. The van der Waals surface area contributed by atoms with Crippen molar-refractivity contribution in [2.75, 3.05) is 38.2 Å². The molecule has 1 amide bonds. The molecule has 45 heavy (non-hydrogen) atoms. The minimum Gasteiger partial charge on any atom is -0.379 e. The van der Waals surface area contributed by atoms with E-state index in [1.54, 1.807) is 10.7 Å². The topological polar surface area (TPSA) is 89.4 Å². The summed E-state index contributed by atoms with van der Waals surface area (Å²) in [5, 5.41) is 9.24. The zero-order chi connectivity index (χ0) is 31.6. The van der Waals surface area contributed by atoms with Crippen LogP contribution < -0.4 is 5.32 Å². The molecule has 0 saturated carbocycles. The van der Waals surface area contributed by atoms with Crippen molar-refractivity contribution in [2.24, 2.45) is 0 Å². The van der Waals surface area contributed by atoms with Gasteiger partial charge in [0, 0.05) is 60.6 Å². The summed E-state index contributed by atoms with van der Waals surface area (Å²) in [6, 6.07) is 25.2. The molecule has 0 atom stereocenters. The lowest BCUT2D eigenvalue weighted by Crippen LogP contribution is -2.37. The van der Waals surface area contributed by atoms with Gasteiger partial charge in [0.25, 0.3) is 11.7 Å². The summed E-state index contributed by atoms with van der Waals surface area (Å²) in [6.45, 7) is 12.7. The molecule has 0 spiro atoms. The van der Waals surface area contributed by atoms with Crippen molar-refractivity contribution in [1.82, 2.24) is 19.7 Å². The Bertz CT molecular complexity index is 1830. The highest BCUT2D eigenvalue weighted by atomic mass is 16.5. The van der Waals surface area contributed by atoms with Crippen LogP contribution in [-0.4, -0.2) is 64.2 Å². The fourth-order valence-corrected chi connectivity index (χ4v) is 5.59. The van der Waals surface area contributed by atoms with Gasteiger partial charge < -0.3 is 10.1 Å². The number of pyridine rings is 1. The number of nitrogens with zero attached hydrogens (tertiary/aromatic N) is 4. The number of ketones is 1. The van der Waals surface area contributed by atoms with E-state index in [9.17, 15) is 9.59 Å². The van der Waals surface area contributed by atoms with Gasteiger partial charge in [-0.3, -0.25) is 19.5 Å². The normalized spacial score (nSPS) is 14.0. The van der Waals surface area contributed by atoms with Crippen molar-refractivity contribution in [2.45, 2.75) is 39.5 Å². The molecule has 2 aromatic heterocycles. The van der Waals surface area contributed by atoms with Gasteiger partial charge in [0.05, 0.1) is 24.6 Å². The third kappa shape index (κ3) is 6.72. The number of aryl methyl sites for hydroxylation is 1. The van der Waals surface area contributed by atoms with Gasteiger partial charge in [0.2, 0.25) is 0 Å². The van der Waals surface area contributed by atoms with E-state index in [2.05, 4.69) is 43.1 Å². The fourth-order valence-electron chi connectivity index (χ4n) is 5.59. The van der Waals surface area contributed by atoms with Gasteiger partial charge in [-0.25, -0.2) is 4.68 Å². The van der Waals surface area contributed by atoms with Gasteiger partial charge >= 0.3 is 0 Å². The number of ether oxygens (including phenoxy) is 1. The molecule has 0 unspecified atom stereocenters. The molecule has 1 aliphatic rings. The maximum Gasteiger partial charge on any atom is 0.297 e. The smallest absolute Gasteiger partial charge is 0.297 e. The minimum absolute atomic E-state index is 0.249. The van der Waals surface area contributed by atoms with Crippen LogP contribution in [0.4, 0.5) is 5.82 Å². The summed E-state index contributed by atoms with van der Waals surface area (Å²) in [4.78, 5) is 34.3. The molecule has 0 aliphatic carbocycles. The first-order valence-electron chi connectivity index (χ1n) is 15.5. The van der Waals surface area contributed by atoms with Crippen LogP contribution in [0.25, 0.3) is 27.6 Å². The van der Waals surface area contributed by atoms with Crippen LogP contribution in [0.2, 0.25) is 0 Å². The van der Waals surface area contributed by atoms with Gasteiger partial charge in [0.1, 0.15) is 5.82 Å². The monoisotopic (exact) mass is 601 g/mol. The SMILES string of the molecule is Cc1ccc(-n2nc(C(C)(C)C)cc2NC(=O)C(=O)c2ccc(-c3ccc(CCN4CCOCC4)nc3)c3ccccc23)cc1. The molecule has 1 saturated heterocycles. The Hall–Kier alpha value is -4.66. The second-order valence-electron chi connectivity index (χ2n) is 12.6. The molecule has 8 nitrogen and oxygen atoms in total. The zero-order valence-electron chi connectivity index (χ0n) is 26.3. The molecular weight excluding hydrogens is 562 g/mol. The van der Waals surface area contributed by atoms with E-state index >= 15 is 0 Å².